The van der Waals surface area contributed by atoms with Gasteiger partial charge in [0.25, 0.3) is 0 Å². The Morgan fingerprint density at radius 1 is 1.60 bits per heavy atom. The molecule has 0 bridgehead atoms. The standard InChI is InChI=1S/C7H13N3/c1-4-10-6(3)7(9)5(2)8/h4,8,10H,1,9H2,2-3H3/b7-6-,8-5?. The summed E-state index contributed by atoms with van der Waals surface area (Å²) in [5, 5.41) is 9.96. The van der Waals surface area contributed by atoms with E-state index in [1.807, 2.05) is 0 Å². The van der Waals surface area contributed by atoms with Crippen LogP contribution in [0.1, 0.15) is 13.8 Å². The molecule has 0 heterocycles. The van der Waals surface area contributed by atoms with Crippen LogP contribution in [-0.4, -0.2) is 5.71 Å². The van der Waals surface area contributed by atoms with Crippen molar-refractivity contribution in [3.63, 3.8) is 0 Å². The van der Waals surface area contributed by atoms with Crippen LogP contribution < -0.4 is 11.1 Å². The van der Waals surface area contributed by atoms with Gasteiger partial charge in [-0.2, -0.15) is 0 Å². The largest absolute Gasteiger partial charge is 0.396 e. The molecule has 0 aliphatic carbocycles. The van der Waals surface area contributed by atoms with E-state index in [9.17, 15) is 0 Å². The number of allylic oxidation sites excluding steroid dienone is 2. The van der Waals surface area contributed by atoms with Gasteiger partial charge in [0.2, 0.25) is 0 Å². The molecule has 0 aromatic heterocycles. The van der Waals surface area contributed by atoms with Crippen molar-refractivity contribution in [2.45, 2.75) is 13.8 Å². The van der Waals surface area contributed by atoms with E-state index in [2.05, 4.69) is 11.9 Å². The lowest BCUT2D eigenvalue weighted by Crippen LogP contribution is -2.15. The summed E-state index contributed by atoms with van der Waals surface area (Å²) in [5.41, 5.74) is 7.10. The first kappa shape index (κ1) is 8.75. The van der Waals surface area contributed by atoms with Gasteiger partial charge in [-0.05, 0) is 20.0 Å². The van der Waals surface area contributed by atoms with Crippen LogP contribution in [0.15, 0.2) is 24.2 Å². The van der Waals surface area contributed by atoms with Crippen LogP contribution in [-0.2, 0) is 0 Å². The average Bonchev–Trinajstić information content (AvgIpc) is 1.87. The molecule has 0 saturated carbocycles. The summed E-state index contributed by atoms with van der Waals surface area (Å²) in [6, 6.07) is 0. The maximum Gasteiger partial charge on any atom is 0.0715 e. The van der Waals surface area contributed by atoms with E-state index in [-0.39, 0.29) is 0 Å². The van der Waals surface area contributed by atoms with E-state index in [0.717, 1.165) is 5.70 Å². The van der Waals surface area contributed by atoms with E-state index in [1.165, 1.54) is 6.20 Å². The van der Waals surface area contributed by atoms with Crippen molar-refractivity contribution >= 4 is 5.71 Å². The van der Waals surface area contributed by atoms with Crippen molar-refractivity contribution in [1.82, 2.24) is 5.32 Å². The minimum Gasteiger partial charge on any atom is -0.396 e. The van der Waals surface area contributed by atoms with E-state index in [0.29, 0.717) is 11.4 Å². The Bertz CT molecular complexity index is 179. The Balaban J connectivity index is 4.33. The van der Waals surface area contributed by atoms with Crippen LogP contribution in [0.2, 0.25) is 0 Å². The van der Waals surface area contributed by atoms with Crippen LogP contribution in [0, 0.1) is 5.41 Å². The minimum absolute atomic E-state index is 0.367. The maximum absolute atomic E-state index is 7.15. The van der Waals surface area contributed by atoms with Gasteiger partial charge in [-0.1, -0.05) is 6.58 Å². The Kier molecular flexibility index (Phi) is 3.25. The zero-order valence-electron chi connectivity index (χ0n) is 6.36. The Labute approximate surface area is 61.1 Å². The van der Waals surface area contributed by atoms with Gasteiger partial charge in [0.1, 0.15) is 0 Å². The second-order valence-corrected chi connectivity index (χ2v) is 2.01. The highest BCUT2D eigenvalue weighted by Gasteiger charge is 1.96. The number of nitrogens with one attached hydrogen (secondary N) is 2. The highest BCUT2D eigenvalue weighted by molar-refractivity contribution is 5.95. The van der Waals surface area contributed by atoms with E-state index < -0.39 is 0 Å². The fraction of sp³-hybridized carbons (Fsp3) is 0.286. The molecular weight excluding hydrogens is 126 g/mol. The summed E-state index contributed by atoms with van der Waals surface area (Å²) < 4.78 is 0. The fourth-order valence-electron chi connectivity index (χ4n) is 0.512. The van der Waals surface area contributed by atoms with E-state index >= 15 is 0 Å². The second kappa shape index (κ2) is 3.71. The molecule has 3 heteroatoms. The van der Waals surface area contributed by atoms with Gasteiger partial charge < -0.3 is 16.5 Å². The topological polar surface area (TPSA) is 61.9 Å². The first-order valence-corrected chi connectivity index (χ1v) is 2.99. The molecular formula is C7H13N3. The van der Waals surface area contributed by atoms with Gasteiger partial charge in [-0.3, -0.25) is 0 Å². The summed E-state index contributed by atoms with van der Waals surface area (Å²) in [6.45, 7) is 6.91. The molecule has 0 aromatic rings. The molecule has 0 aliphatic rings. The van der Waals surface area contributed by atoms with E-state index in [1.54, 1.807) is 13.8 Å². The molecule has 0 aliphatic heterocycles. The van der Waals surface area contributed by atoms with Crippen LogP contribution >= 0.6 is 0 Å². The molecule has 56 valence electrons. The molecule has 0 atom stereocenters. The number of rotatable bonds is 3. The predicted molar refractivity (Wildman–Crippen MR) is 43.6 cm³/mol. The number of hydrogen-bond acceptors (Lipinski definition) is 3. The van der Waals surface area contributed by atoms with Gasteiger partial charge in [-0.25, -0.2) is 0 Å². The Hall–Kier alpha value is -1.25. The SMILES string of the molecule is C=CN/C(C)=C(\N)C(C)=N. The van der Waals surface area contributed by atoms with Gasteiger partial charge in [0.15, 0.2) is 0 Å². The smallest absolute Gasteiger partial charge is 0.0715 e. The number of hydrogen-bond donors (Lipinski definition) is 3. The molecule has 0 rings (SSSR count). The summed E-state index contributed by atoms with van der Waals surface area (Å²) in [6.07, 6.45) is 1.53. The Morgan fingerprint density at radius 2 is 2.10 bits per heavy atom. The van der Waals surface area contributed by atoms with Crippen molar-refractivity contribution in [2.24, 2.45) is 5.73 Å². The maximum atomic E-state index is 7.15. The quantitative estimate of drug-likeness (QED) is 0.510. The molecule has 0 spiro atoms. The summed E-state index contributed by atoms with van der Waals surface area (Å²) in [5.74, 6) is 0. The Morgan fingerprint density at radius 3 is 2.40 bits per heavy atom. The van der Waals surface area contributed by atoms with Crippen LogP contribution in [0.5, 0.6) is 0 Å². The monoisotopic (exact) mass is 139 g/mol. The first-order chi connectivity index (χ1) is 4.59. The molecule has 4 N–H and O–H groups in total. The highest BCUT2D eigenvalue weighted by atomic mass is 14.9. The van der Waals surface area contributed by atoms with Crippen molar-refractivity contribution in [1.29, 1.82) is 5.41 Å². The van der Waals surface area contributed by atoms with E-state index in [4.69, 9.17) is 11.1 Å². The van der Waals surface area contributed by atoms with Crippen molar-refractivity contribution in [2.75, 3.05) is 0 Å². The lowest BCUT2D eigenvalue weighted by molar-refractivity contribution is 1.03. The lowest BCUT2D eigenvalue weighted by atomic mass is 10.2. The second-order valence-electron chi connectivity index (χ2n) is 2.01. The number of nitrogens with two attached hydrogens (primary N) is 1. The first-order valence-electron chi connectivity index (χ1n) is 2.99. The third kappa shape index (κ3) is 2.35. The molecule has 3 nitrogen and oxygen atoms in total. The third-order valence-corrected chi connectivity index (χ3v) is 1.13. The van der Waals surface area contributed by atoms with Gasteiger partial charge in [0, 0.05) is 5.70 Å². The average molecular weight is 139 g/mol. The predicted octanol–water partition coefficient (Wildman–Crippen LogP) is 0.949. The van der Waals surface area contributed by atoms with Crippen LogP contribution in [0.4, 0.5) is 0 Å². The van der Waals surface area contributed by atoms with Crippen LogP contribution in [0.25, 0.3) is 0 Å². The molecule has 0 aromatic carbocycles. The molecule has 0 amide bonds. The van der Waals surface area contributed by atoms with Gasteiger partial charge in [-0.15, -0.1) is 0 Å². The molecule has 0 radical (unpaired) electrons. The van der Waals surface area contributed by atoms with Gasteiger partial charge in [0.05, 0.1) is 11.4 Å². The van der Waals surface area contributed by atoms with Crippen LogP contribution in [0.3, 0.4) is 0 Å². The summed E-state index contributed by atoms with van der Waals surface area (Å²) >= 11 is 0. The van der Waals surface area contributed by atoms with Gasteiger partial charge >= 0.3 is 0 Å². The zero-order chi connectivity index (χ0) is 8.15. The molecule has 0 fully saturated rings. The minimum atomic E-state index is 0.367. The highest BCUT2D eigenvalue weighted by Crippen LogP contribution is 1.93. The van der Waals surface area contributed by atoms with Crippen molar-refractivity contribution < 1.29 is 0 Å². The fourth-order valence-corrected chi connectivity index (χ4v) is 0.512. The third-order valence-electron chi connectivity index (χ3n) is 1.13. The zero-order valence-corrected chi connectivity index (χ0v) is 6.36. The normalized spacial score (nSPS) is 11.8. The molecule has 10 heavy (non-hydrogen) atoms. The van der Waals surface area contributed by atoms with Crippen molar-refractivity contribution in [3.8, 4) is 0 Å². The lowest BCUT2D eigenvalue weighted by Gasteiger charge is -2.04. The summed E-state index contributed by atoms with van der Waals surface area (Å²) in [4.78, 5) is 0. The molecule has 0 saturated heterocycles. The molecule has 0 unspecified atom stereocenters. The van der Waals surface area contributed by atoms with Crippen molar-refractivity contribution in [3.05, 3.63) is 24.2 Å². The summed E-state index contributed by atoms with van der Waals surface area (Å²) in [7, 11) is 0.